The second kappa shape index (κ2) is 5.81. The Balaban J connectivity index is 2.90. The van der Waals surface area contributed by atoms with E-state index < -0.39 is 19.4 Å². The number of aliphatic hydroxyl groups is 1. The summed E-state index contributed by atoms with van der Waals surface area (Å²) in [5.41, 5.74) is 0.291. The van der Waals surface area contributed by atoms with E-state index in [4.69, 9.17) is 5.11 Å². The first-order valence-corrected chi connectivity index (χ1v) is 5.20. The van der Waals surface area contributed by atoms with Crippen molar-refractivity contribution in [2.45, 2.75) is 26.1 Å². The van der Waals surface area contributed by atoms with Crippen LogP contribution in [0.25, 0.3) is 0 Å². The van der Waals surface area contributed by atoms with Crippen LogP contribution in [0.2, 0.25) is 0 Å². The van der Waals surface area contributed by atoms with E-state index in [1.54, 1.807) is 6.92 Å². The minimum Gasteiger partial charge on any atom is -0.468 e. The standard InChI is InChI=1S/C11H12F3NO3/c1-2-9(17)7-3-8(5-16)10(15-4-7)18-6-11(12,13)14/h3-4,16H,2,5-6H2,1H3. The number of aliphatic hydroxyl groups excluding tert-OH is 1. The molecule has 1 rings (SSSR count). The van der Waals surface area contributed by atoms with Gasteiger partial charge in [-0.2, -0.15) is 13.2 Å². The van der Waals surface area contributed by atoms with Crippen molar-refractivity contribution < 1.29 is 27.8 Å². The lowest BCUT2D eigenvalue weighted by atomic mass is 10.1. The summed E-state index contributed by atoms with van der Waals surface area (Å²) in [6.45, 7) is -0.395. The van der Waals surface area contributed by atoms with E-state index in [0.29, 0.717) is 0 Å². The number of ketones is 1. The molecule has 0 atom stereocenters. The Morgan fingerprint density at radius 3 is 2.67 bits per heavy atom. The van der Waals surface area contributed by atoms with Gasteiger partial charge >= 0.3 is 6.18 Å². The van der Waals surface area contributed by atoms with E-state index in [9.17, 15) is 18.0 Å². The Labute approximate surface area is 101 Å². The molecule has 0 radical (unpaired) electrons. The molecular formula is C11H12F3NO3. The van der Waals surface area contributed by atoms with Crippen molar-refractivity contribution in [2.75, 3.05) is 6.61 Å². The van der Waals surface area contributed by atoms with Crippen LogP contribution in [0, 0.1) is 0 Å². The van der Waals surface area contributed by atoms with Crippen LogP contribution < -0.4 is 4.74 Å². The number of carbonyl (C=O) groups excluding carboxylic acids is 1. The van der Waals surface area contributed by atoms with Crippen LogP contribution in [-0.4, -0.2) is 28.7 Å². The minimum absolute atomic E-state index is 0.0542. The third kappa shape index (κ3) is 3.99. The maximum absolute atomic E-state index is 12.0. The smallest absolute Gasteiger partial charge is 0.422 e. The molecule has 0 fully saturated rings. The molecule has 1 aromatic rings. The number of ether oxygens (including phenoxy) is 1. The fraction of sp³-hybridized carbons (Fsp3) is 0.455. The molecule has 0 aliphatic rings. The second-order valence-electron chi connectivity index (χ2n) is 3.53. The van der Waals surface area contributed by atoms with E-state index >= 15 is 0 Å². The number of nitrogens with zero attached hydrogens (tertiary/aromatic N) is 1. The van der Waals surface area contributed by atoms with Crippen molar-refractivity contribution in [3.63, 3.8) is 0 Å². The van der Waals surface area contributed by atoms with Gasteiger partial charge in [-0.05, 0) is 6.07 Å². The molecule has 0 bridgehead atoms. The van der Waals surface area contributed by atoms with E-state index in [2.05, 4.69) is 9.72 Å². The van der Waals surface area contributed by atoms with Gasteiger partial charge in [0.15, 0.2) is 12.4 Å². The molecule has 0 aliphatic heterocycles. The minimum atomic E-state index is -4.48. The third-order valence-corrected chi connectivity index (χ3v) is 2.11. The van der Waals surface area contributed by atoms with Crippen molar-refractivity contribution in [3.05, 3.63) is 23.4 Å². The maximum Gasteiger partial charge on any atom is 0.422 e. The number of hydrogen-bond acceptors (Lipinski definition) is 4. The van der Waals surface area contributed by atoms with Gasteiger partial charge in [0.1, 0.15) is 0 Å². The molecule has 0 amide bonds. The van der Waals surface area contributed by atoms with Gasteiger partial charge in [-0.15, -0.1) is 0 Å². The summed E-state index contributed by atoms with van der Waals surface area (Å²) in [5, 5.41) is 9.01. The Morgan fingerprint density at radius 2 is 2.17 bits per heavy atom. The monoisotopic (exact) mass is 263 g/mol. The molecule has 1 N–H and O–H groups in total. The normalized spacial score (nSPS) is 11.4. The summed E-state index contributed by atoms with van der Waals surface area (Å²) in [4.78, 5) is 15.0. The van der Waals surface area contributed by atoms with Crippen molar-refractivity contribution in [1.82, 2.24) is 4.98 Å². The lowest BCUT2D eigenvalue weighted by Crippen LogP contribution is -2.20. The van der Waals surface area contributed by atoms with Gasteiger partial charge in [0.2, 0.25) is 5.88 Å². The quantitative estimate of drug-likeness (QED) is 0.826. The highest BCUT2D eigenvalue weighted by molar-refractivity contribution is 5.95. The van der Waals surface area contributed by atoms with Crippen LogP contribution in [0.3, 0.4) is 0 Å². The molecule has 0 aliphatic carbocycles. The number of pyridine rings is 1. The van der Waals surface area contributed by atoms with Gasteiger partial charge in [-0.3, -0.25) is 4.79 Å². The van der Waals surface area contributed by atoms with Crippen LogP contribution in [0.1, 0.15) is 29.3 Å². The van der Waals surface area contributed by atoms with Crippen LogP contribution >= 0.6 is 0 Å². The van der Waals surface area contributed by atoms with Crippen LogP contribution in [0.4, 0.5) is 13.2 Å². The van der Waals surface area contributed by atoms with Gasteiger partial charge < -0.3 is 9.84 Å². The predicted molar refractivity (Wildman–Crippen MR) is 56.3 cm³/mol. The Morgan fingerprint density at radius 1 is 1.50 bits per heavy atom. The van der Waals surface area contributed by atoms with E-state index in [1.165, 1.54) is 6.07 Å². The predicted octanol–water partition coefficient (Wildman–Crippen LogP) is 2.11. The topological polar surface area (TPSA) is 59.4 Å². The van der Waals surface area contributed by atoms with Gasteiger partial charge in [-0.25, -0.2) is 4.98 Å². The molecule has 0 saturated heterocycles. The molecule has 1 heterocycles. The van der Waals surface area contributed by atoms with Crippen molar-refractivity contribution >= 4 is 5.78 Å². The summed E-state index contributed by atoms with van der Waals surface area (Å²) in [7, 11) is 0. The Bertz CT molecular complexity index is 432. The van der Waals surface area contributed by atoms with Gasteiger partial charge in [0.25, 0.3) is 0 Å². The van der Waals surface area contributed by atoms with E-state index in [1.807, 2.05) is 0 Å². The first-order valence-electron chi connectivity index (χ1n) is 5.20. The summed E-state index contributed by atoms with van der Waals surface area (Å²) in [5.74, 6) is -0.526. The Hall–Kier alpha value is -1.63. The average Bonchev–Trinajstić information content (AvgIpc) is 2.34. The number of aromatic nitrogens is 1. The summed E-state index contributed by atoms with van der Waals surface area (Å²) >= 11 is 0. The number of hydrogen-bond donors (Lipinski definition) is 1. The van der Waals surface area contributed by atoms with Crippen molar-refractivity contribution in [2.24, 2.45) is 0 Å². The summed E-state index contributed by atoms with van der Waals surface area (Å²) in [6, 6.07) is 1.28. The van der Waals surface area contributed by atoms with Gasteiger partial charge in [-0.1, -0.05) is 6.92 Å². The molecule has 0 saturated carbocycles. The van der Waals surface area contributed by atoms with E-state index in [-0.39, 0.29) is 29.2 Å². The summed E-state index contributed by atoms with van der Waals surface area (Å²) in [6.07, 6.45) is -3.10. The SMILES string of the molecule is CCC(=O)c1cnc(OCC(F)(F)F)c(CO)c1. The lowest BCUT2D eigenvalue weighted by molar-refractivity contribution is -0.154. The highest BCUT2D eigenvalue weighted by Crippen LogP contribution is 2.21. The molecule has 0 unspecified atom stereocenters. The molecule has 18 heavy (non-hydrogen) atoms. The highest BCUT2D eigenvalue weighted by Gasteiger charge is 2.29. The number of Topliss-reactive ketones (excluding diaryl/α,β-unsaturated/α-hetero) is 1. The number of halogens is 3. The Kier molecular flexibility index (Phi) is 4.66. The molecule has 100 valence electrons. The number of rotatable bonds is 5. The number of carbonyl (C=O) groups is 1. The highest BCUT2D eigenvalue weighted by atomic mass is 19.4. The zero-order chi connectivity index (χ0) is 13.8. The van der Waals surface area contributed by atoms with Crippen molar-refractivity contribution in [3.8, 4) is 5.88 Å². The van der Waals surface area contributed by atoms with E-state index in [0.717, 1.165) is 6.20 Å². The van der Waals surface area contributed by atoms with Crippen molar-refractivity contribution in [1.29, 1.82) is 0 Å². The van der Waals surface area contributed by atoms with Gasteiger partial charge in [0.05, 0.1) is 6.61 Å². The zero-order valence-electron chi connectivity index (χ0n) is 9.62. The van der Waals surface area contributed by atoms with Crippen LogP contribution in [0.15, 0.2) is 12.3 Å². The van der Waals surface area contributed by atoms with Crippen LogP contribution in [0.5, 0.6) is 5.88 Å². The molecular weight excluding hydrogens is 251 g/mol. The largest absolute Gasteiger partial charge is 0.468 e. The van der Waals surface area contributed by atoms with Crippen LogP contribution in [-0.2, 0) is 6.61 Å². The summed E-state index contributed by atoms with van der Waals surface area (Å²) < 4.78 is 40.4. The first-order chi connectivity index (χ1) is 8.37. The molecule has 7 heteroatoms. The fourth-order valence-corrected chi connectivity index (χ4v) is 1.25. The molecule has 4 nitrogen and oxygen atoms in total. The average molecular weight is 263 g/mol. The molecule has 0 spiro atoms. The first kappa shape index (κ1) is 14.4. The second-order valence-corrected chi connectivity index (χ2v) is 3.53. The van der Waals surface area contributed by atoms with Gasteiger partial charge in [0, 0.05) is 23.7 Å². The third-order valence-electron chi connectivity index (χ3n) is 2.11. The number of alkyl halides is 3. The molecule has 1 aromatic heterocycles. The zero-order valence-corrected chi connectivity index (χ0v) is 9.62. The maximum atomic E-state index is 12.0. The molecule has 0 aromatic carbocycles. The lowest BCUT2D eigenvalue weighted by Gasteiger charge is -2.11. The fourth-order valence-electron chi connectivity index (χ4n) is 1.25.